The third kappa shape index (κ3) is 5.48. The van der Waals surface area contributed by atoms with E-state index in [2.05, 4.69) is 30.1 Å². The fourth-order valence-electron chi connectivity index (χ4n) is 3.56. The van der Waals surface area contributed by atoms with E-state index in [0.717, 1.165) is 48.9 Å². The minimum Gasteiger partial charge on any atom is -0.457 e. The molecule has 1 saturated heterocycles. The summed E-state index contributed by atoms with van der Waals surface area (Å²) >= 11 is 0. The zero-order chi connectivity index (χ0) is 21.6. The van der Waals surface area contributed by atoms with E-state index in [9.17, 15) is 0 Å². The van der Waals surface area contributed by atoms with Gasteiger partial charge in [-0.05, 0) is 49.7 Å². The Morgan fingerprint density at radius 1 is 0.935 bits per heavy atom. The first-order valence-corrected chi connectivity index (χ1v) is 10.5. The molecule has 0 radical (unpaired) electrons. The highest BCUT2D eigenvalue weighted by molar-refractivity contribution is 5.60. The molecule has 3 aromatic rings. The topological polar surface area (TPSA) is 86.6 Å². The minimum atomic E-state index is 0.188. The molecule has 31 heavy (non-hydrogen) atoms. The Labute approximate surface area is 182 Å². The Kier molecular flexibility index (Phi) is 6.59. The normalized spacial score (nSPS) is 14.5. The number of anilines is 3. The van der Waals surface area contributed by atoms with Gasteiger partial charge in [0.15, 0.2) is 0 Å². The number of rotatable bonds is 7. The number of hydrogen-bond donors (Lipinski definition) is 2. The van der Waals surface area contributed by atoms with Crippen molar-refractivity contribution in [3.63, 3.8) is 0 Å². The Morgan fingerprint density at radius 3 is 2.42 bits per heavy atom. The van der Waals surface area contributed by atoms with Crippen LogP contribution in [-0.4, -0.2) is 64.3 Å². The van der Waals surface area contributed by atoms with Gasteiger partial charge in [-0.25, -0.2) is 0 Å². The summed E-state index contributed by atoms with van der Waals surface area (Å²) in [5.74, 6) is 3.47. The number of β-amino-alcohol motifs (C(OH)–C–C–N with tert-alkyl or cyclic N) is 1. The van der Waals surface area contributed by atoms with E-state index in [0.29, 0.717) is 24.3 Å². The fourth-order valence-corrected chi connectivity index (χ4v) is 3.56. The van der Waals surface area contributed by atoms with Crippen molar-refractivity contribution in [2.45, 2.75) is 13.8 Å². The maximum Gasteiger partial charge on any atom is 0.232 e. The number of para-hydroxylation sites is 1. The lowest BCUT2D eigenvalue weighted by molar-refractivity contribution is 0.188. The molecule has 8 nitrogen and oxygen atoms in total. The van der Waals surface area contributed by atoms with Gasteiger partial charge in [-0.1, -0.05) is 18.2 Å². The van der Waals surface area contributed by atoms with Crippen LogP contribution < -0.4 is 15.0 Å². The number of ether oxygens (including phenoxy) is 1. The highest BCUT2D eigenvalue weighted by Crippen LogP contribution is 2.27. The Bertz CT molecular complexity index is 1010. The number of aliphatic hydroxyl groups is 1. The molecule has 2 N–H and O–H groups in total. The molecule has 0 aliphatic carbocycles. The molecule has 0 atom stereocenters. The summed E-state index contributed by atoms with van der Waals surface area (Å²) in [5, 5.41) is 12.4. The van der Waals surface area contributed by atoms with Crippen molar-refractivity contribution in [1.29, 1.82) is 0 Å². The number of aromatic nitrogens is 3. The molecule has 0 saturated carbocycles. The molecular formula is C23H28N6O2. The molecule has 2 heterocycles. The monoisotopic (exact) mass is 420 g/mol. The minimum absolute atomic E-state index is 0.188. The lowest BCUT2D eigenvalue weighted by atomic mass is 10.2. The van der Waals surface area contributed by atoms with E-state index in [-0.39, 0.29) is 6.61 Å². The van der Waals surface area contributed by atoms with Crippen LogP contribution in [0.25, 0.3) is 0 Å². The average Bonchev–Trinajstić information content (AvgIpc) is 2.77. The third-order valence-corrected chi connectivity index (χ3v) is 5.23. The molecule has 0 spiro atoms. The van der Waals surface area contributed by atoms with Crippen LogP contribution in [0.1, 0.15) is 11.4 Å². The van der Waals surface area contributed by atoms with E-state index in [4.69, 9.17) is 9.84 Å². The summed E-state index contributed by atoms with van der Waals surface area (Å²) in [6.45, 7) is 8.22. The zero-order valence-corrected chi connectivity index (χ0v) is 18.0. The van der Waals surface area contributed by atoms with Crippen molar-refractivity contribution in [3.8, 4) is 11.5 Å². The van der Waals surface area contributed by atoms with Crippen molar-refractivity contribution in [1.82, 2.24) is 19.9 Å². The smallest absolute Gasteiger partial charge is 0.232 e. The lowest BCUT2D eigenvalue weighted by Gasteiger charge is -2.34. The number of aryl methyl sites for hydroxylation is 2. The summed E-state index contributed by atoms with van der Waals surface area (Å²) in [7, 11) is 0. The second kappa shape index (κ2) is 9.72. The highest BCUT2D eigenvalue weighted by Gasteiger charge is 2.19. The van der Waals surface area contributed by atoms with Crippen LogP contribution in [0, 0.1) is 13.8 Å². The highest BCUT2D eigenvalue weighted by atomic mass is 16.5. The van der Waals surface area contributed by atoms with Crippen LogP contribution in [0.2, 0.25) is 0 Å². The van der Waals surface area contributed by atoms with E-state index >= 15 is 0 Å². The molecule has 1 fully saturated rings. The van der Waals surface area contributed by atoms with E-state index in [1.54, 1.807) is 0 Å². The van der Waals surface area contributed by atoms with Gasteiger partial charge in [-0.15, -0.1) is 0 Å². The first-order valence-electron chi connectivity index (χ1n) is 10.5. The second-order valence-electron chi connectivity index (χ2n) is 7.58. The number of hydrogen-bond acceptors (Lipinski definition) is 8. The predicted molar refractivity (Wildman–Crippen MR) is 121 cm³/mol. The standard InChI is InChI=1S/C23H28N6O2/c1-17-16-20(31-19-6-4-3-5-7-19)8-9-21(17)26-22-24-18(2)25-23(27-22)29-12-10-28(11-13-29)14-15-30/h3-9,16,30H,10-15H2,1-2H3,(H,24,25,26,27). The van der Waals surface area contributed by atoms with E-state index in [1.807, 2.05) is 62.4 Å². The molecule has 162 valence electrons. The van der Waals surface area contributed by atoms with Crippen molar-refractivity contribution in [2.75, 3.05) is 49.5 Å². The summed E-state index contributed by atoms with van der Waals surface area (Å²) in [6.07, 6.45) is 0. The number of aliphatic hydroxyl groups excluding tert-OH is 1. The quantitative estimate of drug-likeness (QED) is 0.603. The number of nitrogens with zero attached hydrogens (tertiary/aromatic N) is 5. The van der Waals surface area contributed by atoms with Gasteiger partial charge in [0.05, 0.1) is 6.61 Å². The SMILES string of the molecule is Cc1nc(Nc2ccc(Oc3ccccc3)cc2C)nc(N2CCN(CCO)CC2)n1. The van der Waals surface area contributed by atoms with Gasteiger partial charge < -0.3 is 20.1 Å². The van der Waals surface area contributed by atoms with E-state index in [1.165, 1.54) is 0 Å². The Morgan fingerprint density at radius 2 is 1.71 bits per heavy atom. The third-order valence-electron chi connectivity index (χ3n) is 5.23. The summed E-state index contributed by atoms with van der Waals surface area (Å²) in [6, 6.07) is 15.6. The molecular weight excluding hydrogens is 392 g/mol. The van der Waals surface area contributed by atoms with E-state index < -0.39 is 0 Å². The van der Waals surface area contributed by atoms with Gasteiger partial charge in [0.25, 0.3) is 0 Å². The molecule has 0 bridgehead atoms. The first-order chi connectivity index (χ1) is 15.1. The van der Waals surface area contributed by atoms with Crippen LogP contribution in [-0.2, 0) is 0 Å². The molecule has 0 unspecified atom stereocenters. The average molecular weight is 421 g/mol. The van der Waals surface area contributed by atoms with Crippen molar-refractivity contribution in [3.05, 3.63) is 59.9 Å². The Balaban J connectivity index is 1.45. The number of nitrogens with one attached hydrogen (secondary N) is 1. The predicted octanol–water partition coefficient (Wildman–Crippen LogP) is 3.14. The van der Waals surface area contributed by atoms with Gasteiger partial charge in [0.1, 0.15) is 17.3 Å². The summed E-state index contributed by atoms with van der Waals surface area (Å²) in [5.41, 5.74) is 1.95. The van der Waals surface area contributed by atoms with Crippen molar-refractivity contribution >= 4 is 17.6 Å². The van der Waals surface area contributed by atoms with Crippen LogP contribution >= 0.6 is 0 Å². The number of piperazine rings is 1. The van der Waals surface area contributed by atoms with Gasteiger partial charge in [-0.3, -0.25) is 4.90 Å². The molecule has 2 aromatic carbocycles. The van der Waals surface area contributed by atoms with Crippen LogP contribution in [0.15, 0.2) is 48.5 Å². The Hall–Kier alpha value is -3.23. The summed E-state index contributed by atoms with van der Waals surface area (Å²) < 4.78 is 5.91. The van der Waals surface area contributed by atoms with Gasteiger partial charge in [-0.2, -0.15) is 15.0 Å². The van der Waals surface area contributed by atoms with Gasteiger partial charge >= 0.3 is 0 Å². The largest absolute Gasteiger partial charge is 0.457 e. The molecule has 8 heteroatoms. The first kappa shape index (κ1) is 21.0. The summed E-state index contributed by atoms with van der Waals surface area (Å²) in [4.78, 5) is 18.0. The molecule has 4 rings (SSSR count). The molecule has 1 aliphatic heterocycles. The molecule has 1 aromatic heterocycles. The van der Waals surface area contributed by atoms with Crippen molar-refractivity contribution in [2.24, 2.45) is 0 Å². The van der Waals surface area contributed by atoms with Gasteiger partial charge in [0, 0.05) is 38.4 Å². The van der Waals surface area contributed by atoms with Gasteiger partial charge in [0.2, 0.25) is 11.9 Å². The molecule has 1 aliphatic rings. The zero-order valence-electron chi connectivity index (χ0n) is 18.0. The maximum absolute atomic E-state index is 9.12. The second-order valence-corrected chi connectivity index (χ2v) is 7.58. The van der Waals surface area contributed by atoms with Crippen LogP contribution in [0.4, 0.5) is 17.6 Å². The lowest BCUT2D eigenvalue weighted by Crippen LogP contribution is -2.47. The molecule has 0 amide bonds. The van der Waals surface area contributed by atoms with Crippen LogP contribution in [0.3, 0.4) is 0 Å². The van der Waals surface area contributed by atoms with Crippen molar-refractivity contribution < 1.29 is 9.84 Å². The number of benzene rings is 2. The maximum atomic E-state index is 9.12. The van der Waals surface area contributed by atoms with Crippen LogP contribution in [0.5, 0.6) is 11.5 Å². The fraction of sp³-hybridized carbons (Fsp3) is 0.348.